The van der Waals surface area contributed by atoms with E-state index in [0.717, 1.165) is 13.1 Å². The Kier molecular flexibility index (Phi) is 7.68. The molecule has 0 spiro atoms. The highest BCUT2D eigenvalue weighted by atomic mass is 15.2. The lowest BCUT2D eigenvalue weighted by Gasteiger charge is -2.31. The first kappa shape index (κ1) is 17.0. The first-order valence-electron chi connectivity index (χ1n) is 8.17. The molecule has 0 bridgehead atoms. The van der Waals surface area contributed by atoms with Gasteiger partial charge in [-0.3, -0.25) is 0 Å². The van der Waals surface area contributed by atoms with Gasteiger partial charge in [0, 0.05) is 30.9 Å². The van der Waals surface area contributed by atoms with Crippen molar-refractivity contribution in [3.8, 4) is 0 Å². The standard InChI is InChI=1S/C18H32N2/c1-6-8-13-20(16(5)7-2)18-11-9-17(10-12-18)14-19-15(3)4/h9-12,15-16,19H,6-8,13-14H2,1-5H3. The Bertz CT molecular complexity index is 356. The van der Waals surface area contributed by atoms with Gasteiger partial charge in [0.15, 0.2) is 0 Å². The van der Waals surface area contributed by atoms with Crippen molar-refractivity contribution in [2.24, 2.45) is 0 Å². The molecule has 1 atom stereocenters. The van der Waals surface area contributed by atoms with Crippen molar-refractivity contribution in [3.63, 3.8) is 0 Å². The Labute approximate surface area is 125 Å². The van der Waals surface area contributed by atoms with E-state index in [4.69, 9.17) is 0 Å². The topological polar surface area (TPSA) is 15.3 Å². The summed E-state index contributed by atoms with van der Waals surface area (Å²) < 4.78 is 0. The van der Waals surface area contributed by atoms with Crippen molar-refractivity contribution < 1.29 is 0 Å². The lowest BCUT2D eigenvalue weighted by atomic mass is 10.1. The number of rotatable bonds is 9. The molecule has 114 valence electrons. The average Bonchev–Trinajstić information content (AvgIpc) is 2.46. The van der Waals surface area contributed by atoms with Crippen molar-refractivity contribution in [1.29, 1.82) is 0 Å². The summed E-state index contributed by atoms with van der Waals surface area (Å²) in [5.41, 5.74) is 2.73. The number of anilines is 1. The lowest BCUT2D eigenvalue weighted by Crippen LogP contribution is -2.33. The smallest absolute Gasteiger partial charge is 0.0368 e. The number of benzene rings is 1. The Hall–Kier alpha value is -1.02. The fourth-order valence-corrected chi connectivity index (χ4v) is 2.28. The maximum atomic E-state index is 3.47. The third-order valence-corrected chi connectivity index (χ3v) is 3.86. The molecule has 0 radical (unpaired) electrons. The highest BCUT2D eigenvalue weighted by Gasteiger charge is 2.12. The predicted molar refractivity (Wildman–Crippen MR) is 90.4 cm³/mol. The van der Waals surface area contributed by atoms with Gasteiger partial charge in [0.25, 0.3) is 0 Å². The summed E-state index contributed by atoms with van der Waals surface area (Å²) in [6.07, 6.45) is 3.71. The third-order valence-electron chi connectivity index (χ3n) is 3.86. The molecule has 2 nitrogen and oxygen atoms in total. The van der Waals surface area contributed by atoms with Crippen LogP contribution >= 0.6 is 0 Å². The van der Waals surface area contributed by atoms with E-state index in [0.29, 0.717) is 12.1 Å². The molecule has 0 aliphatic carbocycles. The van der Waals surface area contributed by atoms with Gasteiger partial charge in [0.2, 0.25) is 0 Å². The average molecular weight is 276 g/mol. The van der Waals surface area contributed by atoms with Crippen LogP contribution in [0.25, 0.3) is 0 Å². The highest BCUT2D eigenvalue weighted by molar-refractivity contribution is 5.48. The van der Waals surface area contributed by atoms with Crippen LogP contribution in [0.1, 0.15) is 59.4 Å². The van der Waals surface area contributed by atoms with Crippen LogP contribution in [-0.2, 0) is 6.54 Å². The minimum Gasteiger partial charge on any atom is -0.369 e. The summed E-state index contributed by atoms with van der Waals surface area (Å²) in [4.78, 5) is 2.54. The summed E-state index contributed by atoms with van der Waals surface area (Å²) >= 11 is 0. The first-order valence-corrected chi connectivity index (χ1v) is 8.17. The molecule has 1 aromatic carbocycles. The summed E-state index contributed by atoms with van der Waals surface area (Å²) in [5.74, 6) is 0. The molecule has 0 saturated heterocycles. The number of hydrogen-bond acceptors (Lipinski definition) is 2. The minimum atomic E-state index is 0.538. The van der Waals surface area contributed by atoms with Crippen molar-refractivity contribution in [2.45, 2.75) is 72.5 Å². The van der Waals surface area contributed by atoms with Crippen molar-refractivity contribution in [1.82, 2.24) is 5.32 Å². The molecule has 0 amide bonds. The van der Waals surface area contributed by atoms with E-state index >= 15 is 0 Å². The Morgan fingerprint density at radius 2 is 1.70 bits per heavy atom. The van der Waals surface area contributed by atoms with Crippen LogP contribution in [0.2, 0.25) is 0 Å². The number of nitrogens with zero attached hydrogens (tertiary/aromatic N) is 1. The largest absolute Gasteiger partial charge is 0.369 e. The van der Waals surface area contributed by atoms with Crippen LogP contribution in [0.3, 0.4) is 0 Å². The molecule has 2 heteroatoms. The van der Waals surface area contributed by atoms with E-state index in [9.17, 15) is 0 Å². The zero-order valence-corrected chi connectivity index (χ0v) is 13.9. The minimum absolute atomic E-state index is 0.538. The van der Waals surface area contributed by atoms with E-state index in [1.165, 1.54) is 30.5 Å². The summed E-state index contributed by atoms with van der Waals surface area (Å²) in [6.45, 7) is 13.3. The van der Waals surface area contributed by atoms with Gasteiger partial charge in [-0.05, 0) is 37.5 Å². The van der Waals surface area contributed by atoms with Gasteiger partial charge in [-0.15, -0.1) is 0 Å². The van der Waals surface area contributed by atoms with Crippen molar-refractivity contribution >= 4 is 5.69 Å². The fraction of sp³-hybridized carbons (Fsp3) is 0.667. The Morgan fingerprint density at radius 1 is 1.05 bits per heavy atom. The molecular formula is C18H32N2. The van der Waals surface area contributed by atoms with Gasteiger partial charge >= 0.3 is 0 Å². The van der Waals surface area contributed by atoms with E-state index in [-0.39, 0.29) is 0 Å². The molecule has 0 fully saturated rings. The molecule has 1 N–H and O–H groups in total. The molecular weight excluding hydrogens is 244 g/mol. The normalized spacial score (nSPS) is 12.7. The van der Waals surface area contributed by atoms with Crippen LogP contribution in [0.5, 0.6) is 0 Å². The summed E-state index contributed by atoms with van der Waals surface area (Å²) in [7, 11) is 0. The third kappa shape index (κ3) is 5.54. The molecule has 0 saturated carbocycles. The van der Waals surface area contributed by atoms with E-state index in [1.54, 1.807) is 0 Å². The molecule has 20 heavy (non-hydrogen) atoms. The summed E-state index contributed by atoms with van der Waals surface area (Å²) in [5, 5.41) is 3.47. The second-order valence-corrected chi connectivity index (χ2v) is 6.01. The number of nitrogens with one attached hydrogen (secondary N) is 1. The van der Waals surface area contributed by atoms with Gasteiger partial charge in [-0.2, -0.15) is 0 Å². The SMILES string of the molecule is CCCCN(c1ccc(CNC(C)C)cc1)C(C)CC. The van der Waals surface area contributed by atoms with Crippen LogP contribution in [0.15, 0.2) is 24.3 Å². The second kappa shape index (κ2) is 9.02. The maximum Gasteiger partial charge on any atom is 0.0368 e. The molecule has 0 aliphatic rings. The van der Waals surface area contributed by atoms with Crippen LogP contribution in [0.4, 0.5) is 5.69 Å². The maximum absolute atomic E-state index is 3.47. The van der Waals surface area contributed by atoms with Gasteiger partial charge in [0.1, 0.15) is 0 Å². The van der Waals surface area contributed by atoms with Crippen molar-refractivity contribution in [3.05, 3.63) is 29.8 Å². The zero-order valence-electron chi connectivity index (χ0n) is 13.9. The van der Waals surface area contributed by atoms with Crippen LogP contribution < -0.4 is 10.2 Å². The van der Waals surface area contributed by atoms with Gasteiger partial charge in [0.05, 0.1) is 0 Å². The Morgan fingerprint density at radius 3 is 2.20 bits per heavy atom. The molecule has 0 heterocycles. The Balaban J connectivity index is 2.71. The predicted octanol–water partition coefficient (Wildman–Crippen LogP) is 4.59. The molecule has 1 rings (SSSR count). The van der Waals surface area contributed by atoms with Crippen LogP contribution in [0, 0.1) is 0 Å². The van der Waals surface area contributed by atoms with Gasteiger partial charge < -0.3 is 10.2 Å². The van der Waals surface area contributed by atoms with E-state index < -0.39 is 0 Å². The first-order chi connectivity index (χ1) is 9.58. The second-order valence-electron chi connectivity index (χ2n) is 6.01. The monoisotopic (exact) mass is 276 g/mol. The molecule has 1 unspecified atom stereocenters. The molecule has 0 aliphatic heterocycles. The molecule has 1 aromatic rings. The number of hydrogen-bond donors (Lipinski definition) is 1. The van der Waals surface area contributed by atoms with E-state index in [2.05, 4.69) is 69.1 Å². The van der Waals surface area contributed by atoms with Crippen LogP contribution in [-0.4, -0.2) is 18.6 Å². The zero-order chi connectivity index (χ0) is 15.0. The lowest BCUT2D eigenvalue weighted by molar-refractivity contribution is 0.587. The quantitative estimate of drug-likeness (QED) is 0.709. The van der Waals surface area contributed by atoms with Crippen molar-refractivity contribution in [2.75, 3.05) is 11.4 Å². The fourth-order valence-electron chi connectivity index (χ4n) is 2.28. The highest BCUT2D eigenvalue weighted by Crippen LogP contribution is 2.20. The van der Waals surface area contributed by atoms with E-state index in [1.807, 2.05) is 0 Å². The van der Waals surface area contributed by atoms with Gasteiger partial charge in [-0.25, -0.2) is 0 Å². The summed E-state index contributed by atoms with van der Waals surface area (Å²) in [6, 6.07) is 10.2. The number of unbranched alkanes of at least 4 members (excludes halogenated alkanes) is 1. The molecule has 0 aromatic heterocycles. The van der Waals surface area contributed by atoms with Gasteiger partial charge in [-0.1, -0.05) is 46.2 Å².